The van der Waals surface area contributed by atoms with Crippen LogP contribution < -0.4 is 11.3 Å². The van der Waals surface area contributed by atoms with Crippen LogP contribution in [0.1, 0.15) is 66.2 Å². The van der Waals surface area contributed by atoms with Crippen LogP contribution in [0.2, 0.25) is 0 Å². The predicted octanol–water partition coefficient (Wildman–Crippen LogP) is 3.01. The Kier molecular flexibility index (Phi) is 6.92. The van der Waals surface area contributed by atoms with Crippen molar-refractivity contribution in [1.82, 2.24) is 5.43 Å². The van der Waals surface area contributed by atoms with Crippen LogP contribution in [0.5, 0.6) is 0 Å². The molecule has 0 aromatic rings. The molecule has 20 heavy (non-hydrogen) atoms. The van der Waals surface area contributed by atoms with Crippen molar-refractivity contribution in [1.29, 1.82) is 0 Å². The third kappa shape index (κ3) is 4.69. The van der Waals surface area contributed by atoms with Gasteiger partial charge >= 0.3 is 0 Å². The molecule has 3 atom stereocenters. The molecule has 1 fully saturated rings. The summed E-state index contributed by atoms with van der Waals surface area (Å²) in [6, 6.07) is 0.194. The fraction of sp³-hybridized carbons (Fsp3) is 1.00. The molecule has 4 nitrogen and oxygen atoms in total. The first-order valence-corrected chi connectivity index (χ1v) is 8.04. The number of hydrogen-bond donors (Lipinski definition) is 2. The van der Waals surface area contributed by atoms with E-state index in [2.05, 4.69) is 33.1 Å². The average molecular weight is 286 g/mol. The molecule has 0 bridgehead atoms. The Morgan fingerprint density at radius 1 is 1.45 bits per heavy atom. The van der Waals surface area contributed by atoms with Gasteiger partial charge in [0.2, 0.25) is 0 Å². The van der Waals surface area contributed by atoms with Gasteiger partial charge in [-0.1, -0.05) is 19.8 Å². The van der Waals surface area contributed by atoms with Crippen molar-refractivity contribution in [2.45, 2.75) is 83.5 Å². The summed E-state index contributed by atoms with van der Waals surface area (Å²) in [6.07, 6.45) is 6.69. The fourth-order valence-electron chi connectivity index (χ4n) is 3.47. The zero-order chi connectivity index (χ0) is 15.2. The second-order valence-electron chi connectivity index (χ2n) is 6.92. The van der Waals surface area contributed by atoms with Gasteiger partial charge in [-0.05, 0) is 52.4 Å². The topological polar surface area (TPSA) is 56.5 Å². The summed E-state index contributed by atoms with van der Waals surface area (Å²) < 4.78 is 11.7. The quantitative estimate of drug-likeness (QED) is 0.532. The van der Waals surface area contributed by atoms with Gasteiger partial charge in [0.05, 0.1) is 17.2 Å². The maximum Gasteiger partial charge on any atom is 0.0850 e. The molecule has 1 aliphatic rings. The molecule has 0 saturated heterocycles. The van der Waals surface area contributed by atoms with Crippen LogP contribution in [0.3, 0.4) is 0 Å². The Morgan fingerprint density at radius 2 is 2.15 bits per heavy atom. The van der Waals surface area contributed by atoms with Crippen LogP contribution in [0.4, 0.5) is 0 Å². The fourth-order valence-corrected chi connectivity index (χ4v) is 3.47. The summed E-state index contributed by atoms with van der Waals surface area (Å²) in [4.78, 5) is 0. The summed E-state index contributed by atoms with van der Waals surface area (Å²) in [7, 11) is 1.77. The molecular weight excluding hydrogens is 252 g/mol. The molecule has 0 spiro atoms. The minimum atomic E-state index is -0.108. The van der Waals surface area contributed by atoms with Crippen molar-refractivity contribution >= 4 is 0 Å². The summed E-state index contributed by atoms with van der Waals surface area (Å²) in [5.74, 6) is 6.57. The number of hydrogen-bond acceptors (Lipinski definition) is 4. The van der Waals surface area contributed by atoms with Crippen molar-refractivity contribution < 1.29 is 9.47 Å². The lowest BCUT2D eigenvalue weighted by Crippen LogP contribution is -2.57. The number of nitrogens with one attached hydrogen (secondary N) is 1. The minimum absolute atomic E-state index is 0.106. The number of ether oxygens (including phenoxy) is 2. The highest BCUT2D eigenvalue weighted by Gasteiger charge is 2.42. The third-order valence-electron chi connectivity index (χ3n) is 4.85. The Hall–Kier alpha value is -0.160. The molecular formula is C16H34N2O2. The molecule has 1 rings (SSSR count). The van der Waals surface area contributed by atoms with E-state index in [-0.39, 0.29) is 17.2 Å². The molecule has 0 radical (unpaired) electrons. The summed E-state index contributed by atoms with van der Waals surface area (Å²) in [5, 5.41) is 0. The van der Waals surface area contributed by atoms with E-state index in [0.717, 1.165) is 32.3 Å². The van der Waals surface area contributed by atoms with Crippen molar-refractivity contribution in [2.24, 2.45) is 11.8 Å². The number of methoxy groups -OCH3 is 1. The Bertz CT molecular complexity index is 280. The summed E-state index contributed by atoms with van der Waals surface area (Å²) in [5.41, 5.74) is 2.82. The van der Waals surface area contributed by atoms with E-state index in [9.17, 15) is 0 Å². The lowest BCUT2D eigenvalue weighted by atomic mass is 9.73. The highest BCUT2D eigenvalue weighted by molar-refractivity contribution is 4.97. The summed E-state index contributed by atoms with van der Waals surface area (Å²) in [6.45, 7) is 9.39. The van der Waals surface area contributed by atoms with Gasteiger partial charge in [-0.3, -0.25) is 11.3 Å². The van der Waals surface area contributed by atoms with Crippen molar-refractivity contribution in [3.8, 4) is 0 Å². The zero-order valence-electron chi connectivity index (χ0n) is 14.0. The smallest absolute Gasteiger partial charge is 0.0850 e. The molecule has 120 valence electrons. The third-order valence-corrected chi connectivity index (χ3v) is 4.85. The standard InChI is InChI=1S/C16H34N2O2/c1-6-20-16(10-7-8-13(2)12-16)14(18-17)9-11-15(3,4)19-5/h13-14,18H,6-12,17H2,1-5H3. The number of nitrogens with two attached hydrogens (primary N) is 1. The summed E-state index contributed by atoms with van der Waals surface area (Å²) >= 11 is 0. The van der Waals surface area contributed by atoms with E-state index >= 15 is 0 Å². The van der Waals surface area contributed by atoms with Gasteiger partial charge in [0.15, 0.2) is 0 Å². The molecule has 3 unspecified atom stereocenters. The van der Waals surface area contributed by atoms with E-state index in [0.29, 0.717) is 5.92 Å². The van der Waals surface area contributed by atoms with Crippen LogP contribution >= 0.6 is 0 Å². The van der Waals surface area contributed by atoms with Crippen LogP contribution in [0, 0.1) is 5.92 Å². The molecule has 1 saturated carbocycles. The lowest BCUT2D eigenvalue weighted by Gasteiger charge is -2.45. The molecule has 0 amide bonds. The molecule has 3 N–H and O–H groups in total. The Balaban J connectivity index is 2.75. The lowest BCUT2D eigenvalue weighted by molar-refractivity contribution is -0.106. The van der Waals surface area contributed by atoms with Gasteiger partial charge in [-0.2, -0.15) is 0 Å². The molecule has 0 aromatic heterocycles. The normalized spacial score (nSPS) is 29.4. The molecule has 4 heteroatoms. The Morgan fingerprint density at radius 3 is 2.65 bits per heavy atom. The number of hydrazine groups is 1. The van der Waals surface area contributed by atoms with Crippen molar-refractivity contribution in [3.63, 3.8) is 0 Å². The second kappa shape index (κ2) is 7.74. The van der Waals surface area contributed by atoms with Gasteiger partial charge in [-0.15, -0.1) is 0 Å². The van der Waals surface area contributed by atoms with Gasteiger partial charge < -0.3 is 9.47 Å². The predicted molar refractivity (Wildman–Crippen MR) is 83.4 cm³/mol. The van der Waals surface area contributed by atoms with E-state index in [4.69, 9.17) is 15.3 Å². The SMILES string of the molecule is CCOC1(C(CCC(C)(C)OC)NN)CCCC(C)C1. The van der Waals surface area contributed by atoms with E-state index in [1.54, 1.807) is 7.11 Å². The van der Waals surface area contributed by atoms with Gasteiger partial charge in [-0.25, -0.2) is 0 Å². The molecule has 0 heterocycles. The van der Waals surface area contributed by atoms with E-state index in [1.165, 1.54) is 12.8 Å². The van der Waals surface area contributed by atoms with Crippen LogP contribution in [0.15, 0.2) is 0 Å². The zero-order valence-corrected chi connectivity index (χ0v) is 14.0. The maximum absolute atomic E-state index is 6.21. The largest absolute Gasteiger partial charge is 0.379 e. The average Bonchev–Trinajstić information content (AvgIpc) is 2.39. The van der Waals surface area contributed by atoms with Gasteiger partial charge in [0.25, 0.3) is 0 Å². The first-order chi connectivity index (χ1) is 9.39. The van der Waals surface area contributed by atoms with E-state index in [1.807, 2.05) is 0 Å². The van der Waals surface area contributed by atoms with Gasteiger partial charge in [0.1, 0.15) is 0 Å². The second-order valence-corrected chi connectivity index (χ2v) is 6.92. The first kappa shape index (κ1) is 17.9. The highest BCUT2D eigenvalue weighted by Crippen LogP contribution is 2.39. The van der Waals surface area contributed by atoms with Crippen LogP contribution in [-0.2, 0) is 9.47 Å². The molecule has 0 aliphatic heterocycles. The van der Waals surface area contributed by atoms with Crippen LogP contribution in [0.25, 0.3) is 0 Å². The van der Waals surface area contributed by atoms with Crippen LogP contribution in [-0.4, -0.2) is 31.0 Å². The van der Waals surface area contributed by atoms with Crippen molar-refractivity contribution in [3.05, 3.63) is 0 Å². The van der Waals surface area contributed by atoms with Gasteiger partial charge in [0, 0.05) is 13.7 Å². The first-order valence-electron chi connectivity index (χ1n) is 8.04. The minimum Gasteiger partial charge on any atom is -0.379 e. The highest BCUT2D eigenvalue weighted by atomic mass is 16.5. The van der Waals surface area contributed by atoms with E-state index < -0.39 is 0 Å². The maximum atomic E-state index is 6.21. The Labute approximate surface area is 124 Å². The monoisotopic (exact) mass is 286 g/mol. The number of rotatable bonds is 8. The molecule has 1 aliphatic carbocycles. The van der Waals surface area contributed by atoms with Crippen molar-refractivity contribution in [2.75, 3.05) is 13.7 Å². The molecule has 0 aromatic carbocycles.